The molecule has 138 valence electrons. The van der Waals surface area contributed by atoms with Gasteiger partial charge in [0.2, 0.25) is 0 Å². The average molecular weight is 425 g/mol. The van der Waals surface area contributed by atoms with Crippen molar-refractivity contribution in [2.75, 3.05) is 18.0 Å². The van der Waals surface area contributed by atoms with Crippen LogP contribution >= 0.6 is 15.9 Å². The zero-order valence-corrected chi connectivity index (χ0v) is 16.4. The van der Waals surface area contributed by atoms with Crippen LogP contribution in [0.25, 0.3) is 11.3 Å². The summed E-state index contributed by atoms with van der Waals surface area (Å²) in [6.07, 6.45) is 2.01. The molecule has 3 aromatic rings. The minimum Gasteiger partial charge on any atom is -0.353 e. The molecule has 1 fully saturated rings. The maximum atomic E-state index is 12.5. The summed E-state index contributed by atoms with van der Waals surface area (Å²) < 4.78 is 0.968. The minimum absolute atomic E-state index is 0.0265. The number of hydrogen-bond donors (Lipinski definition) is 2. The second kappa shape index (κ2) is 7.96. The Kier molecular flexibility index (Phi) is 5.25. The number of benzene rings is 2. The highest BCUT2D eigenvalue weighted by Gasteiger charge is 2.23. The molecule has 0 bridgehead atoms. The van der Waals surface area contributed by atoms with Gasteiger partial charge >= 0.3 is 0 Å². The third kappa shape index (κ3) is 4.22. The van der Waals surface area contributed by atoms with Crippen molar-refractivity contribution in [1.82, 2.24) is 15.5 Å². The van der Waals surface area contributed by atoms with Gasteiger partial charge in [-0.15, -0.1) is 0 Å². The molecule has 0 spiro atoms. The number of halogens is 1. The van der Waals surface area contributed by atoms with Gasteiger partial charge in [-0.25, -0.2) is 0 Å². The Bertz CT molecular complexity index is 907. The Morgan fingerprint density at radius 1 is 1.15 bits per heavy atom. The zero-order chi connectivity index (χ0) is 18.6. The van der Waals surface area contributed by atoms with Crippen LogP contribution < -0.4 is 10.2 Å². The number of nitrogens with zero attached hydrogens (tertiary/aromatic N) is 2. The molecule has 0 saturated carbocycles. The van der Waals surface area contributed by atoms with Crippen LogP contribution in [0.3, 0.4) is 0 Å². The number of amides is 1. The van der Waals surface area contributed by atoms with Crippen LogP contribution in [-0.4, -0.2) is 35.2 Å². The first-order chi connectivity index (χ1) is 13.2. The third-order valence-corrected chi connectivity index (χ3v) is 5.36. The largest absolute Gasteiger partial charge is 0.353 e. The van der Waals surface area contributed by atoms with E-state index in [0.29, 0.717) is 5.56 Å². The van der Waals surface area contributed by atoms with Crippen LogP contribution in [0.2, 0.25) is 0 Å². The SMILES string of the molecule is O=C(NC1CCCN(c2cc(-c3ccccc3)[nH]n2)C1)c1ccc(Br)cc1. The summed E-state index contributed by atoms with van der Waals surface area (Å²) in [6.45, 7) is 1.71. The first kappa shape index (κ1) is 17.8. The van der Waals surface area contributed by atoms with Gasteiger partial charge in [-0.05, 0) is 42.7 Å². The van der Waals surface area contributed by atoms with Gasteiger partial charge in [0.05, 0.1) is 5.69 Å². The van der Waals surface area contributed by atoms with Crippen LogP contribution in [0.4, 0.5) is 5.82 Å². The van der Waals surface area contributed by atoms with Crippen molar-refractivity contribution in [3.8, 4) is 11.3 Å². The molecule has 0 radical (unpaired) electrons. The van der Waals surface area contributed by atoms with E-state index in [9.17, 15) is 4.79 Å². The summed E-state index contributed by atoms with van der Waals surface area (Å²) in [5, 5.41) is 10.8. The van der Waals surface area contributed by atoms with Crippen molar-refractivity contribution in [3.05, 3.63) is 70.7 Å². The molecule has 1 saturated heterocycles. The van der Waals surface area contributed by atoms with E-state index in [-0.39, 0.29) is 11.9 Å². The molecule has 4 rings (SSSR count). The molecule has 1 atom stereocenters. The van der Waals surface area contributed by atoms with Crippen LogP contribution in [0.5, 0.6) is 0 Å². The van der Waals surface area contributed by atoms with Gasteiger partial charge in [0.15, 0.2) is 5.82 Å². The smallest absolute Gasteiger partial charge is 0.251 e. The molecule has 2 heterocycles. The third-order valence-electron chi connectivity index (χ3n) is 4.84. The van der Waals surface area contributed by atoms with Gasteiger partial charge in [0.1, 0.15) is 0 Å². The quantitative estimate of drug-likeness (QED) is 0.658. The van der Waals surface area contributed by atoms with Crippen molar-refractivity contribution in [2.45, 2.75) is 18.9 Å². The van der Waals surface area contributed by atoms with Gasteiger partial charge in [0, 0.05) is 35.2 Å². The molecular formula is C21H21BrN4O. The molecule has 6 heteroatoms. The second-order valence-corrected chi connectivity index (χ2v) is 7.69. The summed E-state index contributed by atoms with van der Waals surface area (Å²) in [6, 6.07) is 19.8. The lowest BCUT2D eigenvalue weighted by molar-refractivity contribution is 0.0933. The number of carbonyl (C=O) groups is 1. The Morgan fingerprint density at radius 3 is 2.70 bits per heavy atom. The fourth-order valence-electron chi connectivity index (χ4n) is 3.41. The fraction of sp³-hybridized carbons (Fsp3) is 0.238. The van der Waals surface area contributed by atoms with Crippen LogP contribution in [0, 0.1) is 0 Å². The first-order valence-corrected chi connectivity index (χ1v) is 9.90. The Hall–Kier alpha value is -2.60. The number of anilines is 1. The van der Waals surface area contributed by atoms with E-state index in [4.69, 9.17) is 0 Å². The fourth-order valence-corrected chi connectivity index (χ4v) is 3.68. The highest BCUT2D eigenvalue weighted by molar-refractivity contribution is 9.10. The predicted octanol–water partition coefficient (Wildman–Crippen LogP) is 4.24. The molecule has 5 nitrogen and oxygen atoms in total. The topological polar surface area (TPSA) is 61.0 Å². The number of hydrogen-bond acceptors (Lipinski definition) is 3. The molecule has 1 amide bonds. The van der Waals surface area contributed by atoms with E-state index in [1.54, 1.807) is 0 Å². The molecule has 1 aliphatic rings. The minimum atomic E-state index is -0.0265. The molecule has 1 unspecified atom stereocenters. The standard InChI is InChI=1S/C21H21BrN4O/c22-17-10-8-16(9-11-17)21(27)23-18-7-4-12-26(14-18)20-13-19(24-25-20)15-5-2-1-3-6-15/h1-3,5-6,8-11,13,18H,4,7,12,14H2,(H,23,27)(H,24,25). The van der Waals surface area contributed by atoms with Crippen molar-refractivity contribution in [3.63, 3.8) is 0 Å². The molecular weight excluding hydrogens is 404 g/mol. The van der Waals surface area contributed by atoms with Crippen molar-refractivity contribution >= 4 is 27.7 Å². The van der Waals surface area contributed by atoms with E-state index in [2.05, 4.69) is 54.5 Å². The molecule has 2 aromatic carbocycles. The van der Waals surface area contributed by atoms with Crippen molar-refractivity contribution in [1.29, 1.82) is 0 Å². The summed E-state index contributed by atoms with van der Waals surface area (Å²) >= 11 is 3.40. The van der Waals surface area contributed by atoms with Gasteiger partial charge < -0.3 is 10.2 Å². The summed E-state index contributed by atoms with van der Waals surface area (Å²) in [5.74, 6) is 0.901. The van der Waals surface area contributed by atoms with Gasteiger partial charge in [-0.3, -0.25) is 9.89 Å². The monoisotopic (exact) mass is 424 g/mol. The molecule has 2 N–H and O–H groups in total. The normalized spacial score (nSPS) is 16.9. The Labute approximate surface area is 166 Å². The Balaban J connectivity index is 1.42. The Morgan fingerprint density at radius 2 is 1.93 bits per heavy atom. The predicted molar refractivity (Wildman–Crippen MR) is 111 cm³/mol. The summed E-state index contributed by atoms with van der Waals surface area (Å²) in [7, 11) is 0. The maximum absolute atomic E-state index is 12.5. The van der Waals surface area contributed by atoms with Crippen molar-refractivity contribution < 1.29 is 4.79 Å². The summed E-state index contributed by atoms with van der Waals surface area (Å²) in [5.41, 5.74) is 2.81. The van der Waals surface area contributed by atoms with Crippen LogP contribution in [0.15, 0.2) is 65.1 Å². The van der Waals surface area contributed by atoms with E-state index >= 15 is 0 Å². The first-order valence-electron chi connectivity index (χ1n) is 9.11. The summed E-state index contributed by atoms with van der Waals surface area (Å²) in [4.78, 5) is 14.7. The molecule has 0 aliphatic carbocycles. The van der Waals surface area contributed by atoms with E-state index in [1.807, 2.05) is 42.5 Å². The van der Waals surface area contributed by atoms with Gasteiger partial charge in [-0.1, -0.05) is 46.3 Å². The van der Waals surface area contributed by atoms with Crippen molar-refractivity contribution in [2.24, 2.45) is 0 Å². The second-order valence-electron chi connectivity index (χ2n) is 6.77. The van der Waals surface area contributed by atoms with Gasteiger partial charge in [-0.2, -0.15) is 5.10 Å². The maximum Gasteiger partial charge on any atom is 0.251 e. The van der Waals surface area contributed by atoms with Crippen LogP contribution in [-0.2, 0) is 0 Å². The zero-order valence-electron chi connectivity index (χ0n) is 14.9. The number of rotatable bonds is 4. The lowest BCUT2D eigenvalue weighted by Crippen LogP contribution is -2.48. The number of nitrogens with one attached hydrogen (secondary N) is 2. The molecule has 27 heavy (non-hydrogen) atoms. The number of aromatic amines is 1. The molecule has 1 aromatic heterocycles. The average Bonchev–Trinajstić information content (AvgIpc) is 3.20. The number of H-pyrrole nitrogens is 1. The van der Waals surface area contributed by atoms with E-state index in [0.717, 1.165) is 47.5 Å². The lowest BCUT2D eigenvalue weighted by atomic mass is 10.0. The number of aromatic nitrogens is 2. The van der Waals surface area contributed by atoms with E-state index < -0.39 is 0 Å². The van der Waals surface area contributed by atoms with E-state index in [1.165, 1.54) is 0 Å². The lowest BCUT2D eigenvalue weighted by Gasteiger charge is -2.33. The highest BCUT2D eigenvalue weighted by Crippen LogP contribution is 2.24. The van der Waals surface area contributed by atoms with Gasteiger partial charge in [0.25, 0.3) is 5.91 Å². The van der Waals surface area contributed by atoms with Crippen LogP contribution in [0.1, 0.15) is 23.2 Å². The number of carbonyl (C=O) groups excluding carboxylic acids is 1. The molecule has 1 aliphatic heterocycles. The number of piperidine rings is 1. The highest BCUT2D eigenvalue weighted by atomic mass is 79.9.